The second-order valence-corrected chi connectivity index (χ2v) is 3.12. The van der Waals surface area contributed by atoms with Crippen molar-refractivity contribution in [2.45, 2.75) is 19.9 Å². The second kappa shape index (κ2) is 3.55. The maximum absolute atomic E-state index is 5.85. The van der Waals surface area contributed by atoms with E-state index in [9.17, 15) is 0 Å². The summed E-state index contributed by atoms with van der Waals surface area (Å²) < 4.78 is 0. The lowest BCUT2D eigenvalue weighted by molar-refractivity contribution is 0.900. The number of hydrogen-bond donors (Lipinski definition) is 1. The number of nitrogens with two attached hydrogens (primary N) is 1. The first-order chi connectivity index (χ1) is 5.65. The van der Waals surface area contributed by atoms with E-state index >= 15 is 0 Å². The van der Waals surface area contributed by atoms with Gasteiger partial charge in [-0.3, -0.25) is 0 Å². The van der Waals surface area contributed by atoms with E-state index in [1.165, 1.54) is 16.7 Å². The van der Waals surface area contributed by atoms with Gasteiger partial charge >= 0.3 is 0 Å². The lowest BCUT2D eigenvalue weighted by atomic mass is 10.00. The molecule has 1 heteroatoms. The zero-order valence-electron chi connectivity index (χ0n) is 7.67. The van der Waals surface area contributed by atoms with Crippen molar-refractivity contribution in [3.63, 3.8) is 0 Å². The smallest absolute Gasteiger partial charge is 0.0481 e. The predicted octanol–water partition coefficient (Wildman–Crippen LogP) is 2.49. The van der Waals surface area contributed by atoms with Gasteiger partial charge in [0.05, 0.1) is 0 Å². The Morgan fingerprint density at radius 3 is 2.67 bits per heavy atom. The Hall–Kier alpha value is -1.08. The lowest BCUT2D eigenvalue weighted by Crippen LogP contribution is -2.08. The van der Waals surface area contributed by atoms with Crippen molar-refractivity contribution in [1.82, 2.24) is 0 Å². The standard InChI is InChI=1S/C11H15N/c1-4-11(12)10-7-8(2)5-6-9(10)3/h4-7,11H,1,12H2,2-3H3/t11-/m0/s1. The summed E-state index contributed by atoms with van der Waals surface area (Å²) in [5, 5.41) is 0. The molecule has 0 saturated carbocycles. The molecule has 0 heterocycles. The van der Waals surface area contributed by atoms with Crippen LogP contribution < -0.4 is 5.73 Å². The molecule has 0 aliphatic rings. The Labute approximate surface area is 73.9 Å². The van der Waals surface area contributed by atoms with Crippen molar-refractivity contribution in [3.05, 3.63) is 47.5 Å². The van der Waals surface area contributed by atoms with Crippen LogP contribution in [0.15, 0.2) is 30.9 Å². The zero-order chi connectivity index (χ0) is 9.14. The third-order valence-electron chi connectivity index (χ3n) is 2.05. The van der Waals surface area contributed by atoms with Crippen LogP contribution in [0, 0.1) is 13.8 Å². The molecule has 0 amide bonds. The minimum Gasteiger partial charge on any atom is -0.321 e. The molecule has 0 aliphatic carbocycles. The Morgan fingerprint density at radius 2 is 2.08 bits per heavy atom. The van der Waals surface area contributed by atoms with E-state index < -0.39 is 0 Å². The van der Waals surface area contributed by atoms with Gasteiger partial charge in [-0.15, -0.1) is 6.58 Å². The summed E-state index contributed by atoms with van der Waals surface area (Å²) in [5.74, 6) is 0. The Kier molecular flexibility index (Phi) is 2.66. The molecule has 0 radical (unpaired) electrons. The van der Waals surface area contributed by atoms with Gasteiger partial charge in [0.2, 0.25) is 0 Å². The van der Waals surface area contributed by atoms with E-state index in [1.807, 2.05) is 0 Å². The summed E-state index contributed by atoms with van der Waals surface area (Å²) in [5.41, 5.74) is 9.49. The van der Waals surface area contributed by atoms with Gasteiger partial charge in [0, 0.05) is 6.04 Å². The number of hydrogen-bond acceptors (Lipinski definition) is 1. The average molecular weight is 161 g/mol. The molecule has 2 N–H and O–H groups in total. The fourth-order valence-electron chi connectivity index (χ4n) is 1.25. The van der Waals surface area contributed by atoms with Crippen LogP contribution in [-0.2, 0) is 0 Å². The molecule has 0 bridgehead atoms. The minimum absolute atomic E-state index is 0.0371. The van der Waals surface area contributed by atoms with Gasteiger partial charge in [-0.05, 0) is 25.0 Å². The molecule has 1 aromatic rings. The van der Waals surface area contributed by atoms with E-state index in [0.717, 1.165) is 0 Å². The SMILES string of the molecule is C=C[C@H](N)c1cc(C)ccc1C. The Bertz CT molecular complexity index is 289. The van der Waals surface area contributed by atoms with Crippen LogP contribution in [0.25, 0.3) is 0 Å². The molecule has 0 aromatic heterocycles. The van der Waals surface area contributed by atoms with E-state index in [1.54, 1.807) is 6.08 Å². The summed E-state index contributed by atoms with van der Waals surface area (Å²) in [6.45, 7) is 7.82. The third-order valence-corrected chi connectivity index (χ3v) is 2.05. The van der Waals surface area contributed by atoms with Gasteiger partial charge in [0.15, 0.2) is 0 Å². The van der Waals surface area contributed by atoms with Crippen LogP contribution in [0.1, 0.15) is 22.7 Å². The fourth-order valence-corrected chi connectivity index (χ4v) is 1.25. The maximum atomic E-state index is 5.85. The first kappa shape index (κ1) is 9.01. The fraction of sp³-hybridized carbons (Fsp3) is 0.273. The van der Waals surface area contributed by atoms with E-state index in [4.69, 9.17) is 5.73 Å². The molecule has 1 aromatic carbocycles. The first-order valence-electron chi connectivity index (χ1n) is 4.10. The highest BCUT2D eigenvalue weighted by atomic mass is 14.6. The van der Waals surface area contributed by atoms with Gasteiger partial charge in [0.25, 0.3) is 0 Å². The third kappa shape index (κ3) is 1.74. The summed E-state index contributed by atoms with van der Waals surface area (Å²) in [7, 11) is 0. The topological polar surface area (TPSA) is 26.0 Å². The molecule has 64 valence electrons. The van der Waals surface area contributed by atoms with Crippen LogP contribution in [0.3, 0.4) is 0 Å². The van der Waals surface area contributed by atoms with Crippen molar-refractivity contribution >= 4 is 0 Å². The quantitative estimate of drug-likeness (QED) is 0.662. The predicted molar refractivity (Wildman–Crippen MR) is 53.0 cm³/mol. The molecule has 12 heavy (non-hydrogen) atoms. The van der Waals surface area contributed by atoms with Crippen LogP contribution >= 0.6 is 0 Å². The van der Waals surface area contributed by atoms with E-state index in [-0.39, 0.29) is 6.04 Å². The minimum atomic E-state index is -0.0371. The normalized spacial score (nSPS) is 12.6. The van der Waals surface area contributed by atoms with Crippen LogP contribution in [0.5, 0.6) is 0 Å². The molecular formula is C11H15N. The molecule has 1 atom stereocenters. The molecule has 0 aliphatic heterocycles. The Balaban J connectivity index is 3.12. The summed E-state index contributed by atoms with van der Waals surface area (Å²) in [6, 6.07) is 6.26. The van der Waals surface area contributed by atoms with Crippen LogP contribution in [0.2, 0.25) is 0 Å². The molecule has 1 nitrogen and oxygen atoms in total. The number of benzene rings is 1. The van der Waals surface area contributed by atoms with Crippen molar-refractivity contribution in [3.8, 4) is 0 Å². The summed E-state index contributed by atoms with van der Waals surface area (Å²) in [6.07, 6.45) is 1.77. The molecule has 0 unspecified atom stereocenters. The number of rotatable bonds is 2. The average Bonchev–Trinajstić information content (AvgIpc) is 2.08. The second-order valence-electron chi connectivity index (χ2n) is 3.12. The van der Waals surface area contributed by atoms with Crippen LogP contribution in [-0.4, -0.2) is 0 Å². The van der Waals surface area contributed by atoms with Gasteiger partial charge < -0.3 is 5.73 Å². The maximum Gasteiger partial charge on any atom is 0.0481 e. The summed E-state index contributed by atoms with van der Waals surface area (Å²) in [4.78, 5) is 0. The van der Waals surface area contributed by atoms with Crippen molar-refractivity contribution in [1.29, 1.82) is 0 Å². The summed E-state index contributed by atoms with van der Waals surface area (Å²) >= 11 is 0. The van der Waals surface area contributed by atoms with Crippen molar-refractivity contribution in [2.24, 2.45) is 5.73 Å². The van der Waals surface area contributed by atoms with Crippen LogP contribution in [0.4, 0.5) is 0 Å². The molecule has 0 fully saturated rings. The highest BCUT2D eigenvalue weighted by molar-refractivity contribution is 5.34. The first-order valence-corrected chi connectivity index (χ1v) is 4.10. The lowest BCUT2D eigenvalue weighted by Gasteiger charge is -2.10. The van der Waals surface area contributed by atoms with Gasteiger partial charge in [-0.1, -0.05) is 29.8 Å². The molecule has 0 spiro atoms. The van der Waals surface area contributed by atoms with Gasteiger partial charge in [-0.2, -0.15) is 0 Å². The molecular weight excluding hydrogens is 146 g/mol. The van der Waals surface area contributed by atoms with Crippen molar-refractivity contribution in [2.75, 3.05) is 0 Å². The highest BCUT2D eigenvalue weighted by Gasteiger charge is 2.03. The molecule has 0 saturated heterocycles. The number of aryl methyl sites for hydroxylation is 2. The zero-order valence-corrected chi connectivity index (χ0v) is 7.67. The highest BCUT2D eigenvalue weighted by Crippen LogP contribution is 2.17. The molecule has 1 rings (SSSR count). The van der Waals surface area contributed by atoms with Gasteiger partial charge in [0.1, 0.15) is 0 Å². The van der Waals surface area contributed by atoms with Gasteiger partial charge in [-0.25, -0.2) is 0 Å². The van der Waals surface area contributed by atoms with Crippen molar-refractivity contribution < 1.29 is 0 Å². The largest absolute Gasteiger partial charge is 0.321 e. The van der Waals surface area contributed by atoms with E-state index in [2.05, 4.69) is 38.6 Å². The monoisotopic (exact) mass is 161 g/mol. The van der Waals surface area contributed by atoms with E-state index in [0.29, 0.717) is 0 Å². The Morgan fingerprint density at radius 1 is 1.42 bits per heavy atom.